The van der Waals surface area contributed by atoms with E-state index in [1.807, 2.05) is 6.92 Å². The van der Waals surface area contributed by atoms with E-state index in [4.69, 9.17) is 23.7 Å². The van der Waals surface area contributed by atoms with Crippen molar-refractivity contribution in [3.63, 3.8) is 0 Å². The van der Waals surface area contributed by atoms with Crippen LogP contribution in [0.4, 0.5) is 0 Å². The first-order valence-corrected chi connectivity index (χ1v) is 14.8. The largest absolute Gasteiger partial charge is 0.390 e. The smallest absolute Gasteiger partial charge is 0.0924 e. The Morgan fingerprint density at radius 2 is 1.50 bits per heavy atom. The van der Waals surface area contributed by atoms with Gasteiger partial charge in [0.05, 0.1) is 64.6 Å². The first-order chi connectivity index (χ1) is 17.5. The van der Waals surface area contributed by atoms with Crippen molar-refractivity contribution in [3.8, 4) is 0 Å². The van der Waals surface area contributed by atoms with Crippen LogP contribution in [0.1, 0.15) is 113 Å². The Labute approximate surface area is 230 Å². The summed E-state index contributed by atoms with van der Waals surface area (Å²) < 4.78 is 31.8. The normalized spacial score (nSPS) is 43.2. The average molecular weight is 539 g/mol. The third-order valence-electron chi connectivity index (χ3n) is 10.3. The number of ether oxygens (including phenoxy) is 5. The molecule has 4 saturated heterocycles. The molecule has 9 unspecified atom stereocenters. The van der Waals surface area contributed by atoms with Gasteiger partial charge in [-0.3, -0.25) is 0 Å². The molecule has 4 rings (SSSR count). The number of fused-ring (bicyclic) bond motifs is 1. The highest BCUT2D eigenvalue weighted by atomic mass is 16.6. The van der Waals surface area contributed by atoms with Crippen molar-refractivity contribution in [2.45, 2.75) is 177 Å². The Bertz CT molecular complexity index is 852. The number of methoxy groups -OCH3 is 1. The lowest BCUT2D eigenvalue weighted by Crippen LogP contribution is -2.59. The van der Waals surface area contributed by atoms with Crippen molar-refractivity contribution in [3.05, 3.63) is 12.2 Å². The monoisotopic (exact) mass is 538 g/mol. The van der Waals surface area contributed by atoms with Gasteiger partial charge in [-0.05, 0) is 118 Å². The van der Waals surface area contributed by atoms with Crippen LogP contribution in [-0.2, 0) is 23.7 Å². The highest BCUT2D eigenvalue weighted by Crippen LogP contribution is 2.48. The summed E-state index contributed by atoms with van der Waals surface area (Å²) in [5.74, 6) is 0. The Kier molecular flexibility index (Phi) is 8.56. The maximum absolute atomic E-state index is 11.0. The van der Waals surface area contributed by atoms with E-state index in [0.717, 1.165) is 56.9 Å². The van der Waals surface area contributed by atoms with E-state index in [-0.39, 0.29) is 47.3 Å². The van der Waals surface area contributed by atoms with E-state index in [2.05, 4.69) is 34.3 Å². The van der Waals surface area contributed by atoms with Crippen molar-refractivity contribution in [2.24, 2.45) is 0 Å². The predicted molar refractivity (Wildman–Crippen MR) is 147 cm³/mol. The fourth-order valence-electron chi connectivity index (χ4n) is 7.03. The van der Waals surface area contributed by atoms with Gasteiger partial charge in [0.1, 0.15) is 0 Å². The molecule has 0 saturated carbocycles. The van der Waals surface area contributed by atoms with E-state index in [0.29, 0.717) is 12.8 Å². The summed E-state index contributed by atoms with van der Waals surface area (Å²) in [6.45, 7) is 18.4. The SMILES string of the molecule is C=C(CCC(O)C1(C)CCC(C(C)(C)O)O1)C1CCC2OC(C3(C)CCC(C(C)(C)OC)O3)CCC2(C)O1. The molecule has 4 heterocycles. The summed E-state index contributed by atoms with van der Waals surface area (Å²) in [6.07, 6.45) is 7.57. The van der Waals surface area contributed by atoms with Gasteiger partial charge in [-0.2, -0.15) is 0 Å². The summed E-state index contributed by atoms with van der Waals surface area (Å²) in [7, 11) is 1.75. The first kappa shape index (κ1) is 30.4. The maximum Gasteiger partial charge on any atom is 0.0924 e. The topological polar surface area (TPSA) is 86.6 Å². The quantitative estimate of drug-likeness (QED) is 0.388. The van der Waals surface area contributed by atoms with Crippen LogP contribution in [-0.4, -0.2) is 82.0 Å². The van der Waals surface area contributed by atoms with Crippen LogP contribution in [0, 0.1) is 0 Å². The molecule has 0 aromatic heterocycles. The second-order valence-corrected chi connectivity index (χ2v) is 14.2. The van der Waals surface area contributed by atoms with Crippen molar-refractivity contribution in [1.29, 1.82) is 0 Å². The average Bonchev–Trinajstić information content (AvgIpc) is 3.46. The second-order valence-electron chi connectivity index (χ2n) is 14.2. The highest BCUT2D eigenvalue weighted by Gasteiger charge is 2.54. The van der Waals surface area contributed by atoms with Gasteiger partial charge in [0.2, 0.25) is 0 Å². The molecule has 220 valence electrons. The summed E-state index contributed by atoms with van der Waals surface area (Å²) in [6, 6.07) is 0. The molecule has 4 aliphatic heterocycles. The molecule has 9 atom stereocenters. The van der Waals surface area contributed by atoms with Crippen LogP contribution in [0.5, 0.6) is 0 Å². The second kappa shape index (κ2) is 10.7. The van der Waals surface area contributed by atoms with E-state index in [1.54, 1.807) is 21.0 Å². The van der Waals surface area contributed by atoms with Gasteiger partial charge < -0.3 is 33.9 Å². The summed E-state index contributed by atoms with van der Waals surface area (Å²) >= 11 is 0. The van der Waals surface area contributed by atoms with Crippen molar-refractivity contribution < 1.29 is 33.9 Å². The van der Waals surface area contributed by atoms with Crippen molar-refractivity contribution in [1.82, 2.24) is 0 Å². The van der Waals surface area contributed by atoms with Crippen LogP contribution in [0.3, 0.4) is 0 Å². The molecule has 0 aromatic carbocycles. The molecule has 38 heavy (non-hydrogen) atoms. The molecule has 4 aliphatic rings. The lowest BCUT2D eigenvalue weighted by Gasteiger charge is -2.52. The third kappa shape index (κ3) is 6.05. The van der Waals surface area contributed by atoms with Crippen LogP contribution in [0.25, 0.3) is 0 Å². The standard InChI is InChI=1S/C31H54O7/c1-20(10-12-22(32)29(6)17-14-23(37-29)27(2,3)33)21-11-13-25-30(7,36-21)19-16-26(35-25)31(8)18-15-24(38-31)28(4,5)34-9/h21-26,32-33H,1,10-19H2,2-9H3. The molecule has 0 spiro atoms. The van der Waals surface area contributed by atoms with Crippen LogP contribution in [0.15, 0.2) is 12.2 Å². The molecular formula is C31H54O7. The van der Waals surface area contributed by atoms with Gasteiger partial charge in [0.15, 0.2) is 0 Å². The molecule has 0 bridgehead atoms. The summed E-state index contributed by atoms with van der Waals surface area (Å²) in [4.78, 5) is 0. The third-order valence-corrected chi connectivity index (χ3v) is 10.3. The van der Waals surface area contributed by atoms with Gasteiger partial charge >= 0.3 is 0 Å². The van der Waals surface area contributed by atoms with E-state index in [9.17, 15) is 10.2 Å². The summed E-state index contributed by atoms with van der Waals surface area (Å²) in [5.41, 5.74) is -1.48. The molecule has 0 aromatic rings. The van der Waals surface area contributed by atoms with Gasteiger partial charge in [0.25, 0.3) is 0 Å². The minimum Gasteiger partial charge on any atom is -0.390 e. The highest BCUT2D eigenvalue weighted by molar-refractivity contribution is 5.10. The molecule has 0 amide bonds. The maximum atomic E-state index is 11.0. The number of aliphatic hydroxyl groups is 2. The van der Waals surface area contributed by atoms with Crippen LogP contribution >= 0.6 is 0 Å². The van der Waals surface area contributed by atoms with Crippen molar-refractivity contribution in [2.75, 3.05) is 7.11 Å². The molecule has 7 heteroatoms. The summed E-state index contributed by atoms with van der Waals surface area (Å²) in [5, 5.41) is 21.3. The first-order valence-electron chi connectivity index (χ1n) is 14.8. The van der Waals surface area contributed by atoms with Crippen molar-refractivity contribution >= 4 is 0 Å². The van der Waals surface area contributed by atoms with Gasteiger partial charge in [-0.1, -0.05) is 6.58 Å². The Morgan fingerprint density at radius 1 is 0.895 bits per heavy atom. The number of hydrogen-bond donors (Lipinski definition) is 2. The van der Waals surface area contributed by atoms with E-state index in [1.165, 1.54) is 0 Å². The number of rotatable bonds is 9. The zero-order valence-electron chi connectivity index (χ0n) is 25.2. The van der Waals surface area contributed by atoms with Crippen LogP contribution in [0.2, 0.25) is 0 Å². The Balaban J connectivity index is 1.28. The minimum absolute atomic E-state index is 0.0322. The number of hydrogen-bond acceptors (Lipinski definition) is 7. The zero-order chi connectivity index (χ0) is 28.1. The van der Waals surface area contributed by atoms with E-state index >= 15 is 0 Å². The molecule has 4 fully saturated rings. The van der Waals surface area contributed by atoms with Gasteiger partial charge in [0, 0.05) is 7.11 Å². The zero-order valence-corrected chi connectivity index (χ0v) is 25.2. The fourth-order valence-corrected chi connectivity index (χ4v) is 7.03. The van der Waals surface area contributed by atoms with Gasteiger partial charge in [-0.25, -0.2) is 0 Å². The Morgan fingerprint density at radius 3 is 2.13 bits per heavy atom. The molecule has 0 radical (unpaired) electrons. The molecular weight excluding hydrogens is 484 g/mol. The van der Waals surface area contributed by atoms with Crippen LogP contribution < -0.4 is 0 Å². The lowest BCUT2D eigenvalue weighted by atomic mass is 9.78. The fraction of sp³-hybridized carbons (Fsp3) is 0.935. The number of aliphatic hydroxyl groups excluding tert-OH is 1. The lowest BCUT2D eigenvalue weighted by molar-refractivity contribution is -0.266. The predicted octanol–water partition coefficient (Wildman–Crippen LogP) is 5.24. The molecule has 0 aliphatic carbocycles. The minimum atomic E-state index is -0.909. The van der Waals surface area contributed by atoms with Gasteiger partial charge in [-0.15, -0.1) is 0 Å². The van der Waals surface area contributed by atoms with E-state index < -0.39 is 17.3 Å². The Hall–Kier alpha value is -0.540. The molecule has 7 nitrogen and oxygen atoms in total. The molecule has 2 N–H and O–H groups in total.